The Morgan fingerprint density at radius 3 is 1.31 bits per heavy atom. The van der Waals surface area contributed by atoms with Crippen LogP contribution in [-0.2, 0) is 61.5 Å². The second-order valence-electron chi connectivity index (χ2n) is 4.14. The number of hydrogen-bond donors (Lipinski definition) is 0. The minimum Gasteiger partial charge on any atom is 0 e. The first kappa shape index (κ1) is 59.1. The smallest absolute Gasteiger partial charge is 0 e. The fraction of sp³-hybridized carbons (Fsp3) is 0.250. The van der Waals surface area contributed by atoms with Crippen LogP contribution < -0.4 is 0 Å². The van der Waals surface area contributed by atoms with Crippen LogP contribution in [0.5, 0.6) is 0 Å². The van der Waals surface area contributed by atoms with E-state index in [1.165, 1.54) is 12.1 Å². The summed E-state index contributed by atoms with van der Waals surface area (Å²) in [5.74, 6) is 4.08. The van der Waals surface area contributed by atoms with Gasteiger partial charge in [-0.1, -0.05) is 13.3 Å². The Morgan fingerprint density at radius 1 is 0.750 bits per heavy atom. The summed E-state index contributed by atoms with van der Waals surface area (Å²) in [6.07, 6.45) is -2.13. The molecule has 0 unspecified atom stereocenters. The zero-order chi connectivity index (χ0) is 29.2. The molecule has 0 saturated carbocycles. The van der Waals surface area contributed by atoms with E-state index >= 15 is 0 Å². The molecular weight excluding hydrogens is 598 g/mol. The third-order valence-corrected chi connectivity index (χ3v) is 2.21. The molecule has 0 heterocycles. The van der Waals surface area contributed by atoms with Crippen molar-refractivity contribution in [3.8, 4) is 11.8 Å². The van der Waals surface area contributed by atoms with Crippen LogP contribution in [0, 0.1) is 57.7 Å². The molecule has 0 fully saturated rings. The number of halogens is 7. The molecule has 0 saturated heterocycles. The van der Waals surface area contributed by atoms with Crippen molar-refractivity contribution >= 4 is 7.25 Å². The Morgan fingerprint density at radius 2 is 1.06 bits per heavy atom. The molecule has 0 N–H and O–H groups in total. The van der Waals surface area contributed by atoms with Gasteiger partial charge in [0.1, 0.15) is 5.56 Å². The second kappa shape index (κ2) is 49.7. The molecular formula is C20H14BCo2F7O6. The predicted molar refractivity (Wildman–Crippen MR) is 95.9 cm³/mol. The average Bonchev–Trinajstić information content (AvgIpc) is 2.85. The number of unbranched alkanes of at least 4 members (excludes halogenated alkanes) is 2. The Balaban J connectivity index is -0.0000000463. The summed E-state index contributed by atoms with van der Waals surface area (Å²) in [5, 5.41) is 0. The minimum atomic E-state index is -6.00. The fourth-order valence-corrected chi connectivity index (χ4v) is 1.33. The van der Waals surface area contributed by atoms with Crippen LogP contribution in [0.25, 0.3) is 0 Å². The van der Waals surface area contributed by atoms with Crippen molar-refractivity contribution in [1.82, 2.24) is 0 Å². The van der Waals surface area contributed by atoms with E-state index in [-0.39, 0.29) is 39.1 Å². The summed E-state index contributed by atoms with van der Waals surface area (Å²) >= 11 is 0. The molecule has 200 valence electrons. The summed E-state index contributed by atoms with van der Waals surface area (Å²) in [4.78, 5) is 0. The van der Waals surface area contributed by atoms with Crippen molar-refractivity contribution in [2.75, 3.05) is 0 Å². The molecule has 0 aliphatic rings. The van der Waals surface area contributed by atoms with E-state index in [0.717, 1.165) is 12.8 Å². The first-order valence-electron chi connectivity index (χ1n) is 7.64. The van der Waals surface area contributed by atoms with E-state index in [2.05, 4.69) is 51.7 Å². The molecule has 0 aromatic heterocycles. The monoisotopic (exact) mass is 612 g/mol. The Hall–Kier alpha value is -2.32. The van der Waals surface area contributed by atoms with Crippen LogP contribution in [0.4, 0.5) is 30.4 Å². The van der Waals surface area contributed by atoms with E-state index in [9.17, 15) is 30.4 Å². The van der Waals surface area contributed by atoms with E-state index in [4.69, 9.17) is 27.9 Å². The van der Waals surface area contributed by atoms with Gasteiger partial charge in [-0.3, -0.25) is 0 Å². The average molecular weight is 612 g/mol. The van der Waals surface area contributed by atoms with Crippen molar-refractivity contribution in [2.24, 2.45) is 0 Å². The molecule has 0 aliphatic carbocycles. The van der Waals surface area contributed by atoms with Gasteiger partial charge in [-0.25, -0.2) is 0 Å². The topological polar surface area (TPSA) is 119 Å². The molecule has 1 aromatic carbocycles. The van der Waals surface area contributed by atoms with Gasteiger partial charge in [0.15, 0.2) is 0 Å². The first-order chi connectivity index (χ1) is 16.1. The van der Waals surface area contributed by atoms with Gasteiger partial charge in [0.25, 0.3) is 0 Å². The Kier molecular flexibility index (Phi) is 81.6. The van der Waals surface area contributed by atoms with Crippen molar-refractivity contribution < 1.29 is 91.9 Å². The van der Waals surface area contributed by atoms with Crippen molar-refractivity contribution in [3.05, 3.63) is 81.7 Å². The standard InChI is InChI=1S/C14H14F3.6CO.BF4.2Co/c1-2-3-4-8-11-13(14(15,16)17)12-9-6-5-7-10-12;6*1-2;2-1(3,4)5;;/h5-7,9-10H,2-4H2,1H3;;;;;;;;;/q+1;;;;;;;-1;;. The van der Waals surface area contributed by atoms with Crippen LogP contribution in [0.2, 0.25) is 0 Å². The minimum absolute atomic E-state index is 0. The van der Waals surface area contributed by atoms with Gasteiger partial charge in [0, 0.05) is 57.5 Å². The van der Waals surface area contributed by atoms with Crippen molar-refractivity contribution in [2.45, 2.75) is 32.4 Å². The van der Waals surface area contributed by atoms with Crippen molar-refractivity contribution in [1.29, 1.82) is 0 Å². The predicted octanol–water partition coefficient (Wildman–Crippen LogP) is 5.44. The summed E-state index contributed by atoms with van der Waals surface area (Å²) < 4.78 is 122. The van der Waals surface area contributed by atoms with Crippen LogP contribution >= 0.6 is 0 Å². The fourth-order valence-electron chi connectivity index (χ4n) is 1.33. The molecule has 0 aliphatic heterocycles. The molecule has 16 heteroatoms. The number of alkyl halides is 3. The third kappa shape index (κ3) is 63.4. The molecule has 0 bridgehead atoms. The third-order valence-electron chi connectivity index (χ3n) is 2.21. The van der Waals surface area contributed by atoms with Gasteiger partial charge >= 0.3 is 81.2 Å². The quantitative estimate of drug-likeness (QED) is 0.108. The second-order valence-corrected chi connectivity index (χ2v) is 4.14. The zero-order valence-electron chi connectivity index (χ0n) is 17.8. The molecule has 36 heavy (non-hydrogen) atoms. The van der Waals surface area contributed by atoms with Crippen LogP contribution in [0.3, 0.4) is 0 Å². The maximum atomic E-state index is 12.8. The van der Waals surface area contributed by atoms with Gasteiger partial charge in [0.05, 0.1) is 6.42 Å². The summed E-state index contributed by atoms with van der Waals surface area (Å²) in [5.41, 5.74) is 0.129. The normalized spacial score (nSPS) is 7.00. The molecule has 1 aromatic rings. The molecule has 0 amide bonds. The Bertz CT molecular complexity index is 684. The molecule has 0 spiro atoms. The number of rotatable bonds is 3. The van der Waals surface area contributed by atoms with Crippen molar-refractivity contribution in [3.63, 3.8) is 0 Å². The van der Waals surface area contributed by atoms with E-state index in [1.807, 2.05) is 6.92 Å². The maximum Gasteiger partial charge on any atom is 0 e. The number of hydrogen-bond acceptors (Lipinski definition) is 0. The Labute approximate surface area is 225 Å². The summed E-state index contributed by atoms with van der Waals surface area (Å²) in [6, 6.07) is 7.69. The SMILES string of the molecule is CCCCC#C[C+](c1ccccc1)C(F)(F)F.F[B-](F)(F)F.[C-]#[O+].[C-]#[O+].[C-]#[O+].[C-]#[O+].[C-]#[O+].[C-]#[O+].[Co].[Co]. The van der Waals surface area contributed by atoms with Gasteiger partial charge < -0.3 is 17.3 Å². The largest absolute Gasteiger partial charge is 0 e. The summed E-state index contributed by atoms with van der Waals surface area (Å²) in [6.45, 7) is 29.0. The van der Waals surface area contributed by atoms with E-state index < -0.39 is 19.3 Å². The molecule has 2 radical (unpaired) electrons. The van der Waals surface area contributed by atoms with Crippen LogP contribution in [0.15, 0.2) is 30.3 Å². The van der Waals surface area contributed by atoms with Gasteiger partial charge in [-0.05, 0) is 24.6 Å². The van der Waals surface area contributed by atoms with Gasteiger partial charge in [0.2, 0.25) is 5.92 Å². The summed E-state index contributed by atoms with van der Waals surface area (Å²) in [7, 11) is -6.00. The van der Waals surface area contributed by atoms with E-state index in [1.54, 1.807) is 18.2 Å². The van der Waals surface area contributed by atoms with Crippen LogP contribution in [0.1, 0.15) is 31.7 Å². The van der Waals surface area contributed by atoms with Gasteiger partial charge in [-0.2, -0.15) is 13.2 Å². The van der Waals surface area contributed by atoms with Crippen LogP contribution in [-0.4, -0.2) is 13.4 Å². The zero-order valence-corrected chi connectivity index (χ0v) is 19.9. The van der Waals surface area contributed by atoms with E-state index in [0.29, 0.717) is 6.42 Å². The molecule has 6 nitrogen and oxygen atoms in total. The molecule has 1 rings (SSSR count). The maximum absolute atomic E-state index is 12.8. The first-order valence-corrected chi connectivity index (χ1v) is 7.64. The van der Waals surface area contributed by atoms with Gasteiger partial charge in [-0.15, -0.1) is 0 Å². The number of benzene rings is 1. The molecule has 0 atom stereocenters.